The second kappa shape index (κ2) is 5.93. The maximum absolute atomic E-state index is 5.37. The smallest absolute Gasteiger partial charge is 0.136 e. The Morgan fingerprint density at radius 2 is 2.18 bits per heavy atom. The third-order valence-electron chi connectivity index (χ3n) is 2.84. The first-order valence-electron chi connectivity index (χ1n) is 6.17. The van der Waals surface area contributed by atoms with Crippen molar-refractivity contribution in [3.8, 4) is 0 Å². The highest BCUT2D eigenvalue weighted by atomic mass is 16.5. The Morgan fingerprint density at radius 3 is 2.88 bits per heavy atom. The third-order valence-corrected chi connectivity index (χ3v) is 2.84. The van der Waals surface area contributed by atoms with E-state index >= 15 is 0 Å². The molecule has 0 bridgehead atoms. The van der Waals surface area contributed by atoms with Gasteiger partial charge in [0.2, 0.25) is 0 Å². The molecule has 1 fully saturated rings. The fourth-order valence-electron chi connectivity index (χ4n) is 1.92. The molecule has 1 aromatic heterocycles. The van der Waals surface area contributed by atoms with Gasteiger partial charge in [-0.1, -0.05) is 6.92 Å². The van der Waals surface area contributed by atoms with Crippen molar-refractivity contribution in [1.29, 1.82) is 0 Å². The van der Waals surface area contributed by atoms with Gasteiger partial charge in [0.25, 0.3) is 0 Å². The van der Waals surface area contributed by atoms with Crippen LogP contribution in [0.2, 0.25) is 0 Å². The van der Waals surface area contributed by atoms with E-state index < -0.39 is 0 Å². The molecule has 0 spiro atoms. The summed E-state index contributed by atoms with van der Waals surface area (Å²) in [4.78, 5) is 11.1. The van der Waals surface area contributed by atoms with Crippen LogP contribution < -0.4 is 10.2 Å². The summed E-state index contributed by atoms with van der Waals surface area (Å²) in [6.07, 6.45) is 1.93. The molecule has 1 aliphatic rings. The third kappa shape index (κ3) is 3.14. The summed E-state index contributed by atoms with van der Waals surface area (Å²) in [7, 11) is 0. The van der Waals surface area contributed by atoms with Gasteiger partial charge >= 0.3 is 0 Å². The predicted octanol–water partition coefficient (Wildman–Crippen LogP) is 0.731. The van der Waals surface area contributed by atoms with Crippen LogP contribution in [-0.4, -0.2) is 42.8 Å². The zero-order chi connectivity index (χ0) is 12.1. The van der Waals surface area contributed by atoms with E-state index in [1.165, 1.54) is 5.56 Å². The number of nitrogens with zero attached hydrogens (tertiary/aromatic N) is 3. The van der Waals surface area contributed by atoms with E-state index in [-0.39, 0.29) is 0 Å². The van der Waals surface area contributed by atoms with Crippen LogP contribution in [0, 0.1) is 6.92 Å². The van der Waals surface area contributed by atoms with E-state index in [1.807, 2.05) is 13.1 Å². The van der Waals surface area contributed by atoms with Gasteiger partial charge in [0.05, 0.1) is 13.2 Å². The Labute approximate surface area is 102 Å². The van der Waals surface area contributed by atoms with E-state index in [1.54, 1.807) is 0 Å². The second-order valence-electron chi connectivity index (χ2n) is 4.15. The van der Waals surface area contributed by atoms with Crippen LogP contribution in [0.5, 0.6) is 0 Å². The van der Waals surface area contributed by atoms with Crippen molar-refractivity contribution >= 4 is 5.82 Å². The molecule has 2 heterocycles. The molecule has 0 aliphatic carbocycles. The zero-order valence-corrected chi connectivity index (χ0v) is 10.6. The Hall–Kier alpha value is -1.20. The van der Waals surface area contributed by atoms with Gasteiger partial charge in [-0.2, -0.15) is 0 Å². The van der Waals surface area contributed by atoms with Crippen molar-refractivity contribution in [1.82, 2.24) is 15.3 Å². The first-order chi connectivity index (χ1) is 8.31. The van der Waals surface area contributed by atoms with Crippen molar-refractivity contribution < 1.29 is 4.74 Å². The first kappa shape index (κ1) is 12.3. The predicted molar refractivity (Wildman–Crippen MR) is 67.2 cm³/mol. The van der Waals surface area contributed by atoms with Crippen molar-refractivity contribution in [3.05, 3.63) is 17.6 Å². The van der Waals surface area contributed by atoms with Crippen LogP contribution in [0.4, 0.5) is 5.82 Å². The molecule has 0 atom stereocenters. The van der Waals surface area contributed by atoms with E-state index in [0.717, 1.165) is 51.0 Å². The number of hydrogen-bond donors (Lipinski definition) is 1. The highest BCUT2D eigenvalue weighted by Crippen LogP contribution is 2.18. The van der Waals surface area contributed by atoms with Crippen molar-refractivity contribution in [3.63, 3.8) is 0 Å². The minimum Gasteiger partial charge on any atom is -0.378 e. The maximum atomic E-state index is 5.37. The summed E-state index contributed by atoms with van der Waals surface area (Å²) in [5.74, 6) is 1.88. The fraction of sp³-hybridized carbons (Fsp3) is 0.667. The molecule has 0 amide bonds. The molecule has 5 heteroatoms. The van der Waals surface area contributed by atoms with Gasteiger partial charge in [0.15, 0.2) is 0 Å². The lowest BCUT2D eigenvalue weighted by Gasteiger charge is -2.29. The minimum atomic E-state index is 0.781. The molecular formula is C12H20N4O. The lowest BCUT2D eigenvalue weighted by Crippen LogP contribution is -2.38. The molecule has 0 radical (unpaired) electrons. The van der Waals surface area contributed by atoms with Crippen molar-refractivity contribution in [2.45, 2.75) is 20.4 Å². The molecule has 0 aromatic carbocycles. The number of morpholine rings is 1. The summed E-state index contributed by atoms with van der Waals surface area (Å²) in [5, 5.41) is 3.33. The highest BCUT2D eigenvalue weighted by Gasteiger charge is 2.16. The van der Waals surface area contributed by atoms with E-state index in [2.05, 4.69) is 27.1 Å². The molecule has 17 heavy (non-hydrogen) atoms. The number of anilines is 1. The Balaban J connectivity index is 2.19. The number of aryl methyl sites for hydroxylation is 1. The SMILES string of the molecule is CCNCc1cnc(C)nc1N1CCOCC1. The molecule has 5 nitrogen and oxygen atoms in total. The van der Waals surface area contributed by atoms with E-state index in [0.29, 0.717) is 0 Å². The van der Waals surface area contributed by atoms with Crippen LogP contribution in [0.3, 0.4) is 0 Å². The molecule has 1 saturated heterocycles. The second-order valence-corrected chi connectivity index (χ2v) is 4.15. The van der Waals surface area contributed by atoms with Gasteiger partial charge in [-0.25, -0.2) is 9.97 Å². The van der Waals surface area contributed by atoms with Gasteiger partial charge in [0.1, 0.15) is 11.6 Å². The first-order valence-corrected chi connectivity index (χ1v) is 6.17. The summed E-state index contributed by atoms with van der Waals surface area (Å²) < 4.78 is 5.37. The van der Waals surface area contributed by atoms with Gasteiger partial charge < -0.3 is 15.0 Å². The minimum absolute atomic E-state index is 0.781. The fourth-order valence-corrected chi connectivity index (χ4v) is 1.92. The van der Waals surface area contributed by atoms with Crippen LogP contribution >= 0.6 is 0 Å². The Morgan fingerprint density at radius 1 is 1.41 bits per heavy atom. The molecule has 1 aliphatic heterocycles. The largest absolute Gasteiger partial charge is 0.378 e. The van der Waals surface area contributed by atoms with E-state index in [4.69, 9.17) is 4.74 Å². The Kier molecular flexibility index (Phi) is 4.28. The summed E-state index contributed by atoms with van der Waals surface area (Å²) >= 11 is 0. The normalized spacial score (nSPS) is 16.2. The standard InChI is InChI=1S/C12H20N4O/c1-3-13-8-11-9-14-10(2)15-12(11)16-4-6-17-7-5-16/h9,13H,3-8H2,1-2H3. The summed E-state index contributed by atoms with van der Waals surface area (Å²) in [5.41, 5.74) is 1.17. The van der Waals surface area contributed by atoms with Crippen molar-refractivity contribution in [2.75, 3.05) is 37.7 Å². The van der Waals surface area contributed by atoms with Gasteiger partial charge in [-0.05, 0) is 13.5 Å². The number of ether oxygens (including phenoxy) is 1. The van der Waals surface area contributed by atoms with Crippen LogP contribution in [0.15, 0.2) is 6.20 Å². The molecular weight excluding hydrogens is 216 g/mol. The average Bonchev–Trinajstić information content (AvgIpc) is 2.38. The molecule has 94 valence electrons. The molecule has 0 saturated carbocycles. The van der Waals surface area contributed by atoms with E-state index in [9.17, 15) is 0 Å². The van der Waals surface area contributed by atoms with Gasteiger partial charge in [0, 0.05) is 31.4 Å². The molecule has 2 rings (SSSR count). The summed E-state index contributed by atoms with van der Waals surface area (Å²) in [6.45, 7) is 9.20. The van der Waals surface area contributed by atoms with Gasteiger partial charge in [-0.3, -0.25) is 0 Å². The molecule has 1 aromatic rings. The van der Waals surface area contributed by atoms with Crippen LogP contribution in [0.25, 0.3) is 0 Å². The van der Waals surface area contributed by atoms with Crippen LogP contribution in [-0.2, 0) is 11.3 Å². The maximum Gasteiger partial charge on any atom is 0.136 e. The molecule has 1 N–H and O–H groups in total. The summed E-state index contributed by atoms with van der Waals surface area (Å²) in [6, 6.07) is 0. The quantitative estimate of drug-likeness (QED) is 0.835. The number of nitrogens with one attached hydrogen (secondary N) is 1. The average molecular weight is 236 g/mol. The lowest BCUT2D eigenvalue weighted by atomic mass is 10.2. The lowest BCUT2D eigenvalue weighted by molar-refractivity contribution is 0.122. The molecule has 0 unspecified atom stereocenters. The van der Waals surface area contributed by atoms with Crippen molar-refractivity contribution in [2.24, 2.45) is 0 Å². The van der Waals surface area contributed by atoms with Gasteiger partial charge in [-0.15, -0.1) is 0 Å². The number of hydrogen-bond acceptors (Lipinski definition) is 5. The Bertz CT molecular complexity index is 364. The van der Waals surface area contributed by atoms with Crippen LogP contribution in [0.1, 0.15) is 18.3 Å². The topological polar surface area (TPSA) is 50.3 Å². The monoisotopic (exact) mass is 236 g/mol. The number of aromatic nitrogens is 2. The zero-order valence-electron chi connectivity index (χ0n) is 10.6. The number of rotatable bonds is 4. The highest BCUT2D eigenvalue weighted by molar-refractivity contribution is 5.46.